The fourth-order valence-corrected chi connectivity index (χ4v) is 3.98. The van der Waals surface area contributed by atoms with E-state index in [4.69, 9.17) is 32.7 Å². The number of ether oxygens (including phenoxy) is 2. The van der Waals surface area contributed by atoms with Gasteiger partial charge in [-0.05, 0) is 19.3 Å². The molecule has 0 aliphatic carbocycles. The summed E-state index contributed by atoms with van der Waals surface area (Å²) in [5.74, 6) is -0.305. The van der Waals surface area contributed by atoms with E-state index >= 15 is 0 Å². The number of esters is 2. The van der Waals surface area contributed by atoms with Gasteiger partial charge >= 0.3 is 11.9 Å². The molecule has 0 spiro atoms. The average Bonchev–Trinajstić information content (AvgIpc) is 2.79. The molecule has 0 radical (unpaired) electrons. The van der Waals surface area contributed by atoms with Gasteiger partial charge in [0.25, 0.3) is 0 Å². The van der Waals surface area contributed by atoms with Gasteiger partial charge in [-0.15, -0.1) is 23.2 Å². The maximum absolute atomic E-state index is 11.8. The van der Waals surface area contributed by atoms with Crippen LogP contribution in [-0.2, 0) is 19.1 Å². The maximum atomic E-state index is 11.8. The monoisotopic (exact) mass is 508 g/mol. The highest BCUT2D eigenvalue weighted by molar-refractivity contribution is 6.44. The van der Waals surface area contributed by atoms with E-state index in [1.54, 1.807) is 0 Å². The van der Waals surface area contributed by atoms with Crippen LogP contribution in [0.2, 0.25) is 0 Å². The van der Waals surface area contributed by atoms with Crippen molar-refractivity contribution < 1.29 is 19.1 Å². The number of carbonyl (C=O) groups excluding carboxylic acids is 2. The molecular weight excluding hydrogens is 459 g/mol. The zero-order chi connectivity index (χ0) is 24.4. The number of hydrogen-bond donors (Lipinski definition) is 0. The van der Waals surface area contributed by atoms with Crippen LogP contribution in [0, 0.1) is 0 Å². The first kappa shape index (κ1) is 32.5. The molecule has 0 N–H and O–H groups in total. The van der Waals surface area contributed by atoms with E-state index in [-0.39, 0.29) is 18.5 Å². The highest BCUT2D eigenvalue weighted by atomic mass is 35.5. The van der Waals surface area contributed by atoms with E-state index < -0.39 is 4.84 Å². The Morgan fingerprint density at radius 3 is 1.33 bits per heavy atom. The number of rotatable bonds is 25. The topological polar surface area (TPSA) is 52.6 Å². The first-order valence-electron chi connectivity index (χ1n) is 13.7. The van der Waals surface area contributed by atoms with Gasteiger partial charge in [-0.1, -0.05) is 110 Å². The van der Waals surface area contributed by atoms with Crippen LogP contribution in [0.15, 0.2) is 0 Å². The Morgan fingerprint density at radius 1 is 0.545 bits per heavy atom. The predicted molar refractivity (Wildman–Crippen MR) is 140 cm³/mol. The van der Waals surface area contributed by atoms with Crippen LogP contribution < -0.4 is 0 Å². The summed E-state index contributed by atoms with van der Waals surface area (Å²) in [5.41, 5.74) is 0. The molecule has 0 aromatic carbocycles. The zero-order valence-corrected chi connectivity index (χ0v) is 22.7. The second kappa shape index (κ2) is 26.1. The Hall–Kier alpha value is -0.480. The molecule has 0 atom stereocenters. The standard InChI is InChI=1S/C27H50Cl2O4/c1-2-3-4-5-6-7-8-9-10-11-14-17-20-23-32-26(30)21-18-15-12-13-16-19-22-27(31)33-24-25(28)29/h25H,2-24H2,1H3. The van der Waals surface area contributed by atoms with Crippen LogP contribution in [0.1, 0.15) is 142 Å². The van der Waals surface area contributed by atoms with Crippen LogP contribution >= 0.6 is 23.2 Å². The summed E-state index contributed by atoms with van der Waals surface area (Å²) in [6.07, 6.45) is 24.0. The largest absolute Gasteiger partial charge is 0.466 e. The van der Waals surface area contributed by atoms with Crippen LogP contribution in [-0.4, -0.2) is 30.0 Å². The summed E-state index contributed by atoms with van der Waals surface area (Å²) >= 11 is 11.0. The van der Waals surface area contributed by atoms with Crippen molar-refractivity contribution in [1.82, 2.24) is 0 Å². The SMILES string of the molecule is CCCCCCCCCCCCCCCOC(=O)CCCCCCCCC(=O)OCC(Cl)Cl. The fraction of sp³-hybridized carbons (Fsp3) is 0.926. The molecule has 0 heterocycles. The molecule has 0 rings (SSSR count). The molecule has 0 aromatic rings. The molecule has 0 saturated carbocycles. The quantitative estimate of drug-likeness (QED) is 0.0700. The highest BCUT2D eigenvalue weighted by Crippen LogP contribution is 2.13. The molecule has 0 unspecified atom stereocenters. The van der Waals surface area contributed by atoms with E-state index in [1.165, 1.54) is 70.6 Å². The van der Waals surface area contributed by atoms with Crippen LogP contribution in [0.5, 0.6) is 0 Å². The van der Waals surface area contributed by atoms with Crippen molar-refractivity contribution in [3.8, 4) is 0 Å². The Kier molecular flexibility index (Phi) is 25.8. The molecule has 0 aromatic heterocycles. The van der Waals surface area contributed by atoms with Gasteiger partial charge in [0, 0.05) is 12.8 Å². The van der Waals surface area contributed by atoms with Gasteiger partial charge in [0.1, 0.15) is 11.4 Å². The first-order valence-corrected chi connectivity index (χ1v) is 14.5. The molecule has 0 fully saturated rings. The van der Waals surface area contributed by atoms with Crippen molar-refractivity contribution in [1.29, 1.82) is 0 Å². The van der Waals surface area contributed by atoms with E-state index in [1.807, 2.05) is 0 Å². The van der Waals surface area contributed by atoms with Crippen LogP contribution in [0.4, 0.5) is 0 Å². The lowest BCUT2D eigenvalue weighted by molar-refractivity contribution is -0.144. The van der Waals surface area contributed by atoms with Gasteiger partial charge < -0.3 is 9.47 Å². The molecular formula is C27H50Cl2O4. The van der Waals surface area contributed by atoms with Gasteiger partial charge in [0.05, 0.1) is 6.61 Å². The second-order valence-electron chi connectivity index (χ2n) is 9.16. The summed E-state index contributed by atoms with van der Waals surface area (Å²) in [6, 6.07) is 0. The number of carbonyl (C=O) groups is 2. The number of alkyl halides is 2. The van der Waals surface area contributed by atoms with Crippen LogP contribution in [0.3, 0.4) is 0 Å². The third-order valence-electron chi connectivity index (χ3n) is 5.89. The third-order valence-corrected chi connectivity index (χ3v) is 6.15. The predicted octanol–water partition coefficient (Wildman–Crippen LogP) is 9.09. The lowest BCUT2D eigenvalue weighted by Gasteiger charge is -2.06. The van der Waals surface area contributed by atoms with Crippen molar-refractivity contribution in [3.05, 3.63) is 0 Å². The van der Waals surface area contributed by atoms with Gasteiger partial charge in [0.2, 0.25) is 0 Å². The molecule has 0 aliphatic rings. The van der Waals surface area contributed by atoms with Crippen molar-refractivity contribution in [2.45, 2.75) is 147 Å². The highest BCUT2D eigenvalue weighted by Gasteiger charge is 2.06. The molecule has 0 bridgehead atoms. The molecule has 0 saturated heterocycles. The van der Waals surface area contributed by atoms with E-state index in [0.717, 1.165) is 51.4 Å². The summed E-state index contributed by atoms with van der Waals surface area (Å²) in [5, 5.41) is 0. The lowest BCUT2D eigenvalue weighted by Crippen LogP contribution is -2.09. The Labute approximate surface area is 213 Å². The van der Waals surface area contributed by atoms with Crippen LogP contribution in [0.25, 0.3) is 0 Å². The van der Waals surface area contributed by atoms with Crippen molar-refractivity contribution in [2.24, 2.45) is 0 Å². The van der Waals surface area contributed by atoms with E-state index in [9.17, 15) is 9.59 Å². The Balaban J connectivity index is 3.23. The number of halogens is 2. The Morgan fingerprint density at radius 2 is 0.909 bits per heavy atom. The van der Waals surface area contributed by atoms with Crippen molar-refractivity contribution >= 4 is 35.1 Å². The van der Waals surface area contributed by atoms with Gasteiger partial charge in [0.15, 0.2) is 0 Å². The van der Waals surface area contributed by atoms with Gasteiger partial charge in [-0.25, -0.2) is 0 Å². The minimum absolute atomic E-state index is 0.0530. The minimum Gasteiger partial charge on any atom is -0.466 e. The molecule has 0 aliphatic heterocycles. The summed E-state index contributed by atoms with van der Waals surface area (Å²) in [6.45, 7) is 2.89. The van der Waals surface area contributed by atoms with E-state index in [2.05, 4.69) is 6.92 Å². The summed E-state index contributed by atoms with van der Waals surface area (Å²) in [4.78, 5) is 22.5. The van der Waals surface area contributed by atoms with Crippen molar-refractivity contribution in [2.75, 3.05) is 13.2 Å². The average molecular weight is 510 g/mol. The molecule has 33 heavy (non-hydrogen) atoms. The lowest BCUT2D eigenvalue weighted by atomic mass is 10.0. The normalized spacial score (nSPS) is 11.2. The fourth-order valence-electron chi connectivity index (χ4n) is 3.85. The van der Waals surface area contributed by atoms with Gasteiger partial charge in [-0.2, -0.15) is 0 Å². The maximum Gasteiger partial charge on any atom is 0.305 e. The molecule has 196 valence electrons. The minimum atomic E-state index is -0.657. The third kappa shape index (κ3) is 27.6. The molecule has 6 heteroatoms. The summed E-state index contributed by atoms with van der Waals surface area (Å²) in [7, 11) is 0. The second-order valence-corrected chi connectivity index (χ2v) is 10.4. The number of hydrogen-bond acceptors (Lipinski definition) is 4. The summed E-state index contributed by atoms with van der Waals surface area (Å²) < 4.78 is 10.3. The molecule has 4 nitrogen and oxygen atoms in total. The molecule has 0 amide bonds. The smallest absolute Gasteiger partial charge is 0.305 e. The van der Waals surface area contributed by atoms with Crippen molar-refractivity contribution in [3.63, 3.8) is 0 Å². The number of unbranched alkanes of at least 4 members (excludes halogenated alkanes) is 17. The van der Waals surface area contributed by atoms with E-state index in [0.29, 0.717) is 19.4 Å². The zero-order valence-electron chi connectivity index (χ0n) is 21.2. The first-order chi connectivity index (χ1) is 16.1. The Bertz CT molecular complexity index is 444. The van der Waals surface area contributed by atoms with Gasteiger partial charge in [-0.3, -0.25) is 9.59 Å².